The smallest absolute Gasteiger partial charge is 0.319 e. The quantitative estimate of drug-likeness (QED) is 0.550. The Kier molecular flexibility index (Phi) is 5.85. The van der Waals surface area contributed by atoms with Crippen molar-refractivity contribution in [2.75, 3.05) is 24.9 Å². The molecule has 0 aliphatic carbocycles. The lowest BCUT2D eigenvalue weighted by Crippen LogP contribution is -2.04. The van der Waals surface area contributed by atoms with Crippen LogP contribution in [0.25, 0.3) is 10.6 Å². The maximum absolute atomic E-state index is 11.7. The van der Waals surface area contributed by atoms with Gasteiger partial charge in [-0.3, -0.25) is 4.79 Å². The van der Waals surface area contributed by atoms with Crippen LogP contribution >= 0.6 is 22.7 Å². The fourth-order valence-corrected chi connectivity index (χ4v) is 4.16. The highest BCUT2D eigenvalue weighted by atomic mass is 32.1. The van der Waals surface area contributed by atoms with Crippen molar-refractivity contribution in [3.8, 4) is 16.3 Å². The summed E-state index contributed by atoms with van der Waals surface area (Å²) < 4.78 is 5.34. The summed E-state index contributed by atoms with van der Waals surface area (Å²) in [4.78, 5) is 37.8. The second-order valence-corrected chi connectivity index (χ2v) is 7.46. The molecule has 28 heavy (non-hydrogen) atoms. The molecule has 3 aromatic rings. The van der Waals surface area contributed by atoms with E-state index in [-0.39, 0.29) is 5.91 Å². The molecule has 2 heterocycles. The van der Waals surface area contributed by atoms with Crippen LogP contribution < -0.4 is 15.4 Å². The van der Waals surface area contributed by atoms with E-state index >= 15 is 0 Å². The minimum Gasteiger partial charge on any atom is -0.495 e. The van der Waals surface area contributed by atoms with Gasteiger partial charge in [-0.1, -0.05) is 11.3 Å². The lowest BCUT2D eigenvalue weighted by molar-refractivity contribution is -0.736. The number of rotatable bonds is 7. The van der Waals surface area contributed by atoms with Crippen LogP contribution in [-0.4, -0.2) is 35.0 Å². The summed E-state index contributed by atoms with van der Waals surface area (Å²) in [6, 6.07) is 4.88. The SMILES string of the molecule is COc1ccc([N+](=O)OC)cc1Nc1nc(-c2sc(NC(C)=O)nc2C)cs1. The van der Waals surface area contributed by atoms with Gasteiger partial charge < -0.3 is 15.4 Å². The number of ether oxygens (including phenoxy) is 1. The van der Waals surface area contributed by atoms with E-state index in [2.05, 4.69) is 25.4 Å². The molecule has 11 heteroatoms. The number of aryl methyl sites for hydroxylation is 1. The molecule has 3 rings (SSSR count). The molecule has 0 unspecified atom stereocenters. The minimum absolute atomic E-state index is 0.170. The Morgan fingerprint density at radius 1 is 1.21 bits per heavy atom. The summed E-state index contributed by atoms with van der Waals surface area (Å²) in [5.41, 5.74) is 2.43. The average molecular weight is 420 g/mol. The molecule has 0 atom stereocenters. The van der Waals surface area contributed by atoms with Crippen molar-refractivity contribution in [2.24, 2.45) is 0 Å². The fourth-order valence-electron chi connectivity index (χ4n) is 2.40. The molecular weight excluding hydrogens is 402 g/mol. The molecule has 0 spiro atoms. The number of hydrogen-bond acceptors (Lipinski definition) is 9. The van der Waals surface area contributed by atoms with E-state index in [0.717, 1.165) is 16.3 Å². The number of carbonyl (C=O) groups is 1. The van der Waals surface area contributed by atoms with Crippen LogP contribution in [0.5, 0.6) is 5.75 Å². The molecule has 2 aromatic heterocycles. The summed E-state index contributed by atoms with van der Waals surface area (Å²) in [5.74, 6) is 0.392. The zero-order chi connectivity index (χ0) is 20.3. The van der Waals surface area contributed by atoms with Gasteiger partial charge in [0.05, 0.1) is 34.0 Å². The highest BCUT2D eigenvalue weighted by Gasteiger charge is 2.19. The molecule has 0 aliphatic heterocycles. The molecular formula is C17H18N5O4S2+. The molecule has 0 saturated heterocycles. The number of thiazole rings is 2. The zero-order valence-electron chi connectivity index (χ0n) is 15.6. The molecule has 1 aromatic carbocycles. The number of anilines is 3. The number of hydrogen-bond donors (Lipinski definition) is 2. The van der Waals surface area contributed by atoms with Gasteiger partial charge in [0, 0.05) is 24.4 Å². The van der Waals surface area contributed by atoms with E-state index in [1.165, 1.54) is 36.7 Å². The van der Waals surface area contributed by atoms with Crippen molar-refractivity contribution in [1.82, 2.24) is 9.97 Å². The number of nitrogens with one attached hydrogen (secondary N) is 2. The molecule has 0 aliphatic rings. The van der Waals surface area contributed by atoms with Crippen LogP contribution in [-0.2, 0) is 9.63 Å². The summed E-state index contributed by atoms with van der Waals surface area (Å²) in [6.45, 7) is 3.30. The molecule has 0 radical (unpaired) electrons. The maximum Gasteiger partial charge on any atom is 0.319 e. The molecule has 0 fully saturated rings. The number of nitrogens with zero attached hydrogens (tertiary/aromatic N) is 3. The van der Waals surface area contributed by atoms with E-state index in [0.29, 0.717) is 32.3 Å². The summed E-state index contributed by atoms with van der Waals surface area (Å²) in [6.07, 6.45) is 0. The molecule has 1 amide bonds. The largest absolute Gasteiger partial charge is 0.495 e. The Morgan fingerprint density at radius 3 is 2.68 bits per heavy atom. The van der Waals surface area contributed by atoms with Crippen molar-refractivity contribution < 1.29 is 19.3 Å². The van der Waals surface area contributed by atoms with Gasteiger partial charge in [-0.25, -0.2) is 14.8 Å². The highest BCUT2D eigenvalue weighted by Crippen LogP contribution is 2.37. The average Bonchev–Trinajstić information content (AvgIpc) is 3.26. The van der Waals surface area contributed by atoms with E-state index < -0.39 is 0 Å². The Hall–Kier alpha value is -3.05. The molecule has 0 bridgehead atoms. The first-order valence-electron chi connectivity index (χ1n) is 8.08. The Bertz CT molecular complexity index is 1030. The first-order valence-corrected chi connectivity index (χ1v) is 9.78. The molecule has 0 saturated carbocycles. The van der Waals surface area contributed by atoms with Gasteiger partial charge in [0.25, 0.3) is 4.92 Å². The second kappa shape index (κ2) is 8.31. The van der Waals surface area contributed by atoms with E-state index in [1.807, 2.05) is 12.3 Å². The first-order chi connectivity index (χ1) is 13.4. The van der Waals surface area contributed by atoms with Crippen LogP contribution in [0.4, 0.5) is 21.6 Å². The predicted octanol–water partition coefficient (Wildman–Crippen LogP) is 4.26. The summed E-state index contributed by atoms with van der Waals surface area (Å²) >= 11 is 2.76. The van der Waals surface area contributed by atoms with Crippen LogP contribution in [0.15, 0.2) is 23.6 Å². The number of benzene rings is 1. The van der Waals surface area contributed by atoms with Gasteiger partial charge in [0.15, 0.2) is 17.4 Å². The second-order valence-electron chi connectivity index (χ2n) is 5.60. The lowest BCUT2D eigenvalue weighted by Gasteiger charge is -2.08. The highest BCUT2D eigenvalue weighted by molar-refractivity contribution is 7.20. The monoisotopic (exact) mass is 420 g/mol. The van der Waals surface area contributed by atoms with E-state index in [1.54, 1.807) is 25.3 Å². The van der Waals surface area contributed by atoms with Gasteiger partial charge in [-0.15, -0.1) is 11.3 Å². The van der Waals surface area contributed by atoms with Gasteiger partial charge in [0.2, 0.25) is 5.91 Å². The van der Waals surface area contributed by atoms with Crippen molar-refractivity contribution in [1.29, 1.82) is 0 Å². The third-order valence-electron chi connectivity index (χ3n) is 3.62. The Balaban J connectivity index is 1.86. The van der Waals surface area contributed by atoms with Crippen LogP contribution in [0, 0.1) is 11.8 Å². The van der Waals surface area contributed by atoms with Crippen molar-refractivity contribution in [3.05, 3.63) is 34.2 Å². The van der Waals surface area contributed by atoms with Crippen LogP contribution in [0.2, 0.25) is 0 Å². The van der Waals surface area contributed by atoms with E-state index in [9.17, 15) is 9.70 Å². The molecule has 9 nitrogen and oxygen atoms in total. The number of amides is 1. The predicted molar refractivity (Wildman–Crippen MR) is 109 cm³/mol. The van der Waals surface area contributed by atoms with Gasteiger partial charge in [0.1, 0.15) is 5.75 Å². The lowest BCUT2D eigenvalue weighted by atomic mass is 10.2. The van der Waals surface area contributed by atoms with Gasteiger partial charge in [-0.05, 0) is 13.0 Å². The van der Waals surface area contributed by atoms with Crippen molar-refractivity contribution in [3.63, 3.8) is 0 Å². The summed E-state index contributed by atoms with van der Waals surface area (Å²) in [7, 11) is 2.84. The number of aromatic nitrogens is 2. The third kappa shape index (κ3) is 4.26. The number of carbonyl (C=O) groups excluding carboxylic acids is 1. The van der Waals surface area contributed by atoms with E-state index in [4.69, 9.17) is 4.74 Å². The molecule has 146 valence electrons. The summed E-state index contributed by atoms with van der Waals surface area (Å²) in [5, 5.41) is 8.90. The van der Waals surface area contributed by atoms with Gasteiger partial charge in [-0.2, -0.15) is 0 Å². The van der Waals surface area contributed by atoms with Crippen molar-refractivity contribution in [2.45, 2.75) is 13.8 Å². The molecule has 2 N–H and O–H groups in total. The minimum atomic E-state index is -0.170. The normalized spacial score (nSPS) is 10.4. The third-order valence-corrected chi connectivity index (χ3v) is 5.47. The Morgan fingerprint density at radius 2 is 2.00 bits per heavy atom. The maximum atomic E-state index is 11.7. The topological polar surface area (TPSA) is 105 Å². The van der Waals surface area contributed by atoms with Gasteiger partial charge >= 0.3 is 5.69 Å². The zero-order valence-corrected chi connectivity index (χ0v) is 17.2. The standard InChI is InChI=1S/C17H17N5O4S2/c1-9-15(28-17(18-9)19-10(2)23)13-8-27-16(21-13)20-12-7-11(22(24)26-4)5-6-14(12)25-3/h5-8H,1-4H3,(H-,18,19,20,21,23)/p+1. The van der Waals surface area contributed by atoms with Crippen LogP contribution in [0.1, 0.15) is 12.6 Å². The van der Waals surface area contributed by atoms with Crippen molar-refractivity contribution >= 4 is 50.2 Å². The first kappa shape index (κ1) is 19.7. The van der Waals surface area contributed by atoms with Crippen LogP contribution in [0.3, 0.4) is 0 Å². The Labute approximate surface area is 168 Å². The fraction of sp³-hybridized carbons (Fsp3) is 0.235. The number of methoxy groups -OCH3 is 1.